The van der Waals surface area contributed by atoms with Gasteiger partial charge in [0.05, 0.1) is 19.3 Å². The lowest BCUT2D eigenvalue weighted by molar-refractivity contribution is -0.142. The van der Waals surface area contributed by atoms with Crippen LogP contribution in [0.4, 0.5) is 0 Å². The fourth-order valence-corrected chi connectivity index (χ4v) is 1.49. The third-order valence-corrected chi connectivity index (χ3v) is 2.34. The molecule has 1 amide bonds. The summed E-state index contributed by atoms with van der Waals surface area (Å²) >= 11 is 0. The highest BCUT2D eigenvalue weighted by Gasteiger charge is 2.35. The fraction of sp³-hybridized carbons (Fsp3) is 0.500. The van der Waals surface area contributed by atoms with Crippen LogP contribution in [0, 0.1) is 5.92 Å². The van der Waals surface area contributed by atoms with Crippen molar-refractivity contribution >= 4 is 11.9 Å². The van der Waals surface area contributed by atoms with Gasteiger partial charge in [-0.1, -0.05) is 0 Å². The molecule has 0 bridgehead atoms. The van der Waals surface area contributed by atoms with Crippen LogP contribution in [-0.2, 0) is 9.53 Å². The number of aliphatic carboxylic acids is 1. The Kier molecular flexibility index (Phi) is 2.82. The molecule has 2 unspecified atom stereocenters. The van der Waals surface area contributed by atoms with Gasteiger partial charge in [0.25, 0.3) is 5.91 Å². The van der Waals surface area contributed by atoms with Crippen molar-refractivity contribution in [2.24, 2.45) is 5.92 Å². The molecular formula is C8H10N4O4. The zero-order chi connectivity index (χ0) is 11.5. The number of carboxylic acid groups (broad SMARTS) is 1. The normalized spacial score (nSPS) is 24.2. The molecule has 1 aromatic heterocycles. The lowest BCUT2D eigenvalue weighted by Gasteiger charge is -2.14. The van der Waals surface area contributed by atoms with Crippen LogP contribution in [0.5, 0.6) is 0 Å². The number of H-pyrrole nitrogens is 1. The summed E-state index contributed by atoms with van der Waals surface area (Å²) in [5.74, 6) is -2.14. The number of nitrogens with zero attached hydrogens (tertiary/aromatic N) is 2. The predicted molar refractivity (Wildman–Crippen MR) is 49.6 cm³/mol. The van der Waals surface area contributed by atoms with Gasteiger partial charge < -0.3 is 15.2 Å². The minimum atomic E-state index is -0.986. The molecule has 0 spiro atoms. The van der Waals surface area contributed by atoms with Crippen LogP contribution < -0.4 is 5.32 Å². The zero-order valence-corrected chi connectivity index (χ0v) is 8.21. The Bertz CT molecular complexity index is 391. The predicted octanol–water partition coefficient (Wildman–Crippen LogP) is -1.37. The number of aromatic amines is 1. The summed E-state index contributed by atoms with van der Waals surface area (Å²) in [5, 5.41) is 17.3. The van der Waals surface area contributed by atoms with E-state index in [0.717, 1.165) is 0 Å². The molecule has 2 rings (SSSR count). The summed E-state index contributed by atoms with van der Waals surface area (Å²) in [6, 6.07) is -0.532. The molecule has 1 aliphatic heterocycles. The Balaban J connectivity index is 1.99. The SMILES string of the molecule is O=C(NC1COCC1C(=O)O)c1ncn[nH]1. The van der Waals surface area contributed by atoms with Crippen LogP contribution in [0.3, 0.4) is 0 Å². The maximum absolute atomic E-state index is 11.5. The van der Waals surface area contributed by atoms with Crippen molar-refractivity contribution in [1.82, 2.24) is 20.5 Å². The van der Waals surface area contributed by atoms with Gasteiger partial charge >= 0.3 is 5.97 Å². The highest BCUT2D eigenvalue weighted by Crippen LogP contribution is 2.13. The molecule has 1 fully saturated rings. The van der Waals surface area contributed by atoms with Gasteiger partial charge in [-0.15, -0.1) is 0 Å². The lowest BCUT2D eigenvalue weighted by Crippen LogP contribution is -2.43. The largest absolute Gasteiger partial charge is 0.481 e. The second-order valence-electron chi connectivity index (χ2n) is 3.40. The van der Waals surface area contributed by atoms with Crippen LogP contribution in [0.15, 0.2) is 6.33 Å². The third kappa shape index (κ3) is 2.01. The number of hydrogen-bond acceptors (Lipinski definition) is 5. The number of rotatable bonds is 3. The molecule has 2 atom stereocenters. The summed E-state index contributed by atoms with van der Waals surface area (Å²) in [7, 11) is 0. The lowest BCUT2D eigenvalue weighted by atomic mass is 10.0. The van der Waals surface area contributed by atoms with E-state index in [1.807, 2.05) is 0 Å². The number of ether oxygens (including phenoxy) is 1. The van der Waals surface area contributed by atoms with Crippen molar-refractivity contribution in [2.45, 2.75) is 6.04 Å². The molecule has 0 radical (unpaired) electrons. The maximum Gasteiger partial charge on any atom is 0.311 e. The Morgan fingerprint density at radius 3 is 3.00 bits per heavy atom. The van der Waals surface area contributed by atoms with E-state index in [9.17, 15) is 9.59 Å². The molecule has 1 aliphatic rings. The van der Waals surface area contributed by atoms with Crippen LogP contribution in [0.25, 0.3) is 0 Å². The first-order chi connectivity index (χ1) is 7.68. The van der Waals surface area contributed by atoms with Gasteiger partial charge in [0.15, 0.2) is 0 Å². The van der Waals surface area contributed by atoms with Gasteiger partial charge in [-0.2, -0.15) is 5.10 Å². The molecule has 86 valence electrons. The van der Waals surface area contributed by atoms with Gasteiger partial charge in [0.2, 0.25) is 5.82 Å². The summed E-state index contributed by atoms with van der Waals surface area (Å²) < 4.78 is 5.01. The summed E-state index contributed by atoms with van der Waals surface area (Å²) in [5.41, 5.74) is 0. The van der Waals surface area contributed by atoms with Crippen LogP contribution >= 0.6 is 0 Å². The Morgan fingerprint density at radius 2 is 2.38 bits per heavy atom. The van der Waals surface area contributed by atoms with Crippen molar-refractivity contribution in [3.05, 3.63) is 12.2 Å². The Labute approximate surface area is 90.0 Å². The quantitative estimate of drug-likeness (QED) is 0.585. The summed E-state index contributed by atoms with van der Waals surface area (Å²) in [4.78, 5) is 26.0. The molecule has 8 heteroatoms. The number of hydrogen-bond donors (Lipinski definition) is 3. The first-order valence-corrected chi connectivity index (χ1v) is 4.65. The van der Waals surface area contributed by atoms with E-state index in [0.29, 0.717) is 0 Å². The molecular weight excluding hydrogens is 216 g/mol. The van der Waals surface area contributed by atoms with Gasteiger partial charge in [0.1, 0.15) is 12.2 Å². The molecule has 3 N–H and O–H groups in total. The average Bonchev–Trinajstić information content (AvgIpc) is 2.86. The monoisotopic (exact) mass is 226 g/mol. The van der Waals surface area contributed by atoms with Gasteiger partial charge in [-0.25, -0.2) is 4.98 Å². The van der Waals surface area contributed by atoms with E-state index in [-0.39, 0.29) is 19.0 Å². The number of aromatic nitrogens is 3. The fourth-order valence-electron chi connectivity index (χ4n) is 1.49. The van der Waals surface area contributed by atoms with E-state index in [4.69, 9.17) is 9.84 Å². The summed E-state index contributed by atoms with van der Waals surface area (Å²) in [6.07, 6.45) is 1.20. The van der Waals surface area contributed by atoms with E-state index in [1.165, 1.54) is 6.33 Å². The standard InChI is InChI=1S/C8H10N4O4/c13-7(6-9-3-10-12-6)11-5-2-16-1-4(5)8(14)15/h3-5H,1-2H2,(H,11,13)(H,14,15)(H,9,10,12). The average molecular weight is 226 g/mol. The molecule has 16 heavy (non-hydrogen) atoms. The number of amides is 1. The van der Waals surface area contributed by atoms with Crippen molar-refractivity contribution in [1.29, 1.82) is 0 Å². The molecule has 0 saturated carbocycles. The minimum Gasteiger partial charge on any atom is -0.481 e. The van der Waals surface area contributed by atoms with Crippen molar-refractivity contribution in [2.75, 3.05) is 13.2 Å². The third-order valence-electron chi connectivity index (χ3n) is 2.34. The highest BCUT2D eigenvalue weighted by atomic mass is 16.5. The second-order valence-corrected chi connectivity index (χ2v) is 3.40. The first kappa shape index (κ1) is 10.6. The molecule has 0 aliphatic carbocycles. The van der Waals surface area contributed by atoms with Gasteiger partial charge in [-0.3, -0.25) is 14.7 Å². The highest BCUT2D eigenvalue weighted by molar-refractivity contribution is 5.90. The number of nitrogens with one attached hydrogen (secondary N) is 2. The molecule has 2 heterocycles. The van der Waals surface area contributed by atoms with Crippen molar-refractivity contribution in [3.8, 4) is 0 Å². The molecule has 1 saturated heterocycles. The number of carbonyl (C=O) groups is 2. The minimum absolute atomic E-state index is 0.0519. The van der Waals surface area contributed by atoms with Crippen molar-refractivity contribution in [3.63, 3.8) is 0 Å². The van der Waals surface area contributed by atoms with Gasteiger partial charge in [0, 0.05) is 0 Å². The van der Waals surface area contributed by atoms with E-state index in [2.05, 4.69) is 20.5 Å². The molecule has 1 aromatic rings. The van der Waals surface area contributed by atoms with E-state index < -0.39 is 23.8 Å². The van der Waals surface area contributed by atoms with E-state index in [1.54, 1.807) is 0 Å². The van der Waals surface area contributed by atoms with Crippen LogP contribution in [0.1, 0.15) is 10.6 Å². The topological polar surface area (TPSA) is 117 Å². The Hall–Kier alpha value is -1.96. The van der Waals surface area contributed by atoms with Crippen LogP contribution in [0.2, 0.25) is 0 Å². The number of carboxylic acids is 1. The zero-order valence-electron chi connectivity index (χ0n) is 8.21. The van der Waals surface area contributed by atoms with Crippen molar-refractivity contribution < 1.29 is 19.4 Å². The van der Waals surface area contributed by atoms with Crippen LogP contribution in [-0.4, -0.2) is 51.4 Å². The number of carbonyl (C=O) groups excluding carboxylic acids is 1. The van der Waals surface area contributed by atoms with Gasteiger partial charge in [-0.05, 0) is 0 Å². The smallest absolute Gasteiger partial charge is 0.311 e. The summed E-state index contributed by atoms with van der Waals surface area (Å²) in [6.45, 7) is 0.299. The Morgan fingerprint density at radius 1 is 1.56 bits per heavy atom. The second kappa shape index (κ2) is 4.27. The maximum atomic E-state index is 11.5. The molecule has 0 aromatic carbocycles. The van der Waals surface area contributed by atoms with E-state index >= 15 is 0 Å². The molecule has 8 nitrogen and oxygen atoms in total. The first-order valence-electron chi connectivity index (χ1n) is 4.65.